The van der Waals surface area contributed by atoms with E-state index in [1.807, 2.05) is 48.5 Å². The van der Waals surface area contributed by atoms with Crippen LogP contribution in [0.25, 0.3) is 22.0 Å². The molecule has 18 heavy (non-hydrogen) atoms. The number of fused-ring (bicyclic) bond motifs is 1. The van der Waals surface area contributed by atoms with E-state index >= 15 is 0 Å². The summed E-state index contributed by atoms with van der Waals surface area (Å²) in [5.74, 6) is 0. The van der Waals surface area contributed by atoms with Gasteiger partial charge in [0.05, 0.1) is 0 Å². The molecule has 0 aliphatic heterocycles. The van der Waals surface area contributed by atoms with Crippen molar-refractivity contribution in [2.75, 3.05) is 5.73 Å². The molecule has 0 saturated carbocycles. The number of nitrogens with two attached hydrogens (primary N) is 1. The molecule has 0 saturated heterocycles. The Balaban J connectivity index is 2.34. The first kappa shape index (κ1) is 10.6. The molecule has 88 valence electrons. The Morgan fingerprint density at radius 2 is 1.67 bits per heavy atom. The van der Waals surface area contributed by atoms with Crippen molar-refractivity contribution in [3.63, 3.8) is 0 Å². The van der Waals surface area contributed by atoms with Gasteiger partial charge in [0, 0.05) is 22.7 Å². The fourth-order valence-corrected chi connectivity index (χ4v) is 2.11. The zero-order valence-corrected chi connectivity index (χ0v) is 9.68. The van der Waals surface area contributed by atoms with Gasteiger partial charge in [-0.25, -0.2) is 0 Å². The van der Waals surface area contributed by atoms with Crippen molar-refractivity contribution < 1.29 is 0 Å². The van der Waals surface area contributed by atoms with E-state index in [4.69, 9.17) is 5.73 Å². The molecule has 2 aromatic carbocycles. The smallest absolute Gasteiger partial charge is 0.249 e. The second kappa shape index (κ2) is 4.04. The molecule has 3 N–H and O–H groups in total. The van der Waals surface area contributed by atoms with E-state index < -0.39 is 0 Å². The Morgan fingerprint density at radius 1 is 0.944 bits per heavy atom. The van der Waals surface area contributed by atoms with E-state index in [9.17, 15) is 4.79 Å². The molecule has 0 fully saturated rings. The van der Waals surface area contributed by atoms with Crippen LogP contribution in [-0.2, 0) is 0 Å². The van der Waals surface area contributed by atoms with Crippen molar-refractivity contribution in [1.82, 2.24) is 4.98 Å². The number of anilines is 1. The van der Waals surface area contributed by atoms with Crippen LogP contribution in [0.1, 0.15) is 0 Å². The average molecular weight is 236 g/mol. The molecular formula is C15H12N2O. The SMILES string of the molecule is Nc1ccc(-c2cc(=O)[nH]c3ccccc23)cc1. The molecule has 0 atom stereocenters. The molecule has 3 rings (SSSR count). The summed E-state index contributed by atoms with van der Waals surface area (Å²) in [6.45, 7) is 0. The van der Waals surface area contributed by atoms with Gasteiger partial charge in [-0.2, -0.15) is 0 Å². The fraction of sp³-hybridized carbons (Fsp3) is 0. The van der Waals surface area contributed by atoms with Crippen LogP contribution in [0, 0.1) is 0 Å². The Bertz CT molecular complexity index is 757. The first-order valence-electron chi connectivity index (χ1n) is 5.72. The van der Waals surface area contributed by atoms with E-state index in [1.165, 1.54) is 0 Å². The maximum absolute atomic E-state index is 11.7. The molecular weight excluding hydrogens is 224 g/mol. The maximum Gasteiger partial charge on any atom is 0.249 e. The van der Waals surface area contributed by atoms with Gasteiger partial charge in [0.2, 0.25) is 5.56 Å². The van der Waals surface area contributed by atoms with Crippen LogP contribution in [0.3, 0.4) is 0 Å². The van der Waals surface area contributed by atoms with Crippen LogP contribution in [-0.4, -0.2) is 4.98 Å². The minimum Gasteiger partial charge on any atom is -0.399 e. The van der Waals surface area contributed by atoms with E-state index in [0.717, 1.165) is 22.0 Å². The summed E-state index contributed by atoms with van der Waals surface area (Å²) in [5.41, 5.74) is 9.06. The third-order valence-corrected chi connectivity index (χ3v) is 2.97. The molecule has 0 bridgehead atoms. The molecule has 0 aliphatic rings. The zero-order chi connectivity index (χ0) is 12.5. The van der Waals surface area contributed by atoms with Gasteiger partial charge in [-0.15, -0.1) is 0 Å². The monoisotopic (exact) mass is 236 g/mol. The van der Waals surface area contributed by atoms with Crippen LogP contribution in [0.4, 0.5) is 5.69 Å². The number of para-hydroxylation sites is 1. The topological polar surface area (TPSA) is 58.9 Å². The number of benzene rings is 2. The van der Waals surface area contributed by atoms with E-state index in [0.29, 0.717) is 5.69 Å². The Kier molecular flexibility index (Phi) is 2.38. The number of nitrogen functional groups attached to an aromatic ring is 1. The van der Waals surface area contributed by atoms with Gasteiger partial charge in [0.15, 0.2) is 0 Å². The van der Waals surface area contributed by atoms with Crippen LogP contribution in [0.2, 0.25) is 0 Å². The van der Waals surface area contributed by atoms with Gasteiger partial charge in [-0.3, -0.25) is 4.79 Å². The standard InChI is InChI=1S/C15H12N2O/c16-11-7-5-10(6-8-11)13-9-15(18)17-14-4-2-1-3-12(13)14/h1-9H,16H2,(H,17,18). The highest BCUT2D eigenvalue weighted by Gasteiger charge is 2.05. The summed E-state index contributed by atoms with van der Waals surface area (Å²) in [5, 5.41) is 1.03. The number of pyridine rings is 1. The van der Waals surface area contributed by atoms with Gasteiger partial charge < -0.3 is 10.7 Å². The number of hydrogen-bond acceptors (Lipinski definition) is 2. The quantitative estimate of drug-likeness (QED) is 0.638. The Hall–Kier alpha value is -2.55. The number of aromatic amines is 1. The third-order valence-electron chi connectivity index (χ3n) is 2.97. The Labute approximate surface area is 104 Å². The summed E-state index contributed by atoms with van der Waals surface area (Å²) in [7, 11) is 0. The van der Waals surface area contributed by atoms with Crippen molar-refractivity contribution in [1.29, 1.82) is 0 Å². The van der Waals surface area contributed by atoms with Crippen LogP contribution in [0.5, 0.6) is 0 Å². The fourth-order valence-electron chi connectivity index (χ4n) is 2.11. The molecule has 0 radical (unpaired) electrons. The summed E-state index contributed by atoms with van der Waals surface area (Å²) >= 11 is 0. The van der Waals surface area contributed by atoms with Gasteiger partial charge in [-0.1, -0.05) is 30.3 Å². The highest BCUT2D eigenvalue weighted by molar-refractivity contribution is 5.94. The lowest BCUT2D eigenvalue weighted by molar-refractivity contribution is 1.31. The summed E-state index contributed by atoms with van der Waals surface area (Å²) < 4.78 is 0. The van der Waals surface area contributed by atoms with Gasteiger partial charge in [0.1, 0.15) is 0 Å². The molecule has 1 heterocycles. The van der Waals surface area contributed by atoms with Crippen molar-refractivity contribution in [3.05, 3.63) is 65.0 Å². The van der Waals surface area contributed by atoms with Gasteiger partial charge in [-0.05, 0) is 29.3 Å². The lowest BCUT2D eigenvalue weighted by Crippen LogP contribution is -2.04. The van der Waals surface area contributed by atoms with E-state index in [2.05, 4.69) is 4.98 Å². The van der Waals surface area contributed by atoms with Crippen molar-refractivity contribution in [3.8, 4) is 11.1 Å². The third kappa shape index (κ3) is 1.76. The second-order valence-electron chi connectivity index (χ2n) is 4.21. The predicted octanol–water partition coefficient (Wildman–Crippen LogP) is 2.78. The molecule has 0 spiro atoms. The lowest BCUT2D eigenvalue weighted by Gasteiger charge is -2.06. The minimum atomic E-state index is -0.0967. The number of aromatic nitrogens is 1. The summed E-state index contributed by atoms with van der Waals surface area (Å²) in [4.78, 5) is 14.5. The highest BCUT2D eigenvalue weighted by Crippen LogP contribution is 2.26. The van der Waals surface area contributed by atoms with Gasteiger partial charge in [0.25, 0.3) is 0 Å². The number of H-pyrrole nitrogens is 1. The van der Waals surface area contributed by atoms with E-state index in [1.54, 1.807) is 6.07 Å². The second-order valence-corrected chi connectivity index (χ2v) is 4.21. The molecule has 0 unspecified atom stereocenters. The maximum atomic E-state index is 11.7. The van der Waals surface area contributed by atoms with Gasteiger partial charge >= 0.3 is 0 Å². The highest BCUT2D eigenvalue weighted by atomic mass is 16.1. The summed E-state index contributed by atoms with van der Waals surface area (Å²) in [6.07, 6.45) is 0. The first-order valence-corrected chi connectivity index (χ1v) is 5.72. The summed E-state index contributed by atoms with van der Waals surface area (Å²) in [6, 6.07) is 16.9. The molecule has 3 aromatic rings. The molecule has 0 amide bonds. The van der Waals surface area contributed by atoms with E-state index in [-0.39, 0.29) is 5.56 Å². The number of nitrogens with one attached hydrogen (secondary N) is 1. The predicted molar refractivity (Wildman–Crippen MR) is 74.4 cm³/mol. The van der Waals surface area contributed by atoms with Crippen molar-refractivity contribution in [2.45, 2.75) is 0 Å². The lowest BCUT2D eigenvalue weighted by atomic mass is 10.0. The molecule has 1 aromatic heterocycles. The largest absolute Gasteiger partial charge is 0.399 e. The van der Waals surface area contributed by atoms with Crippen molar-refractivity contribution >= 4 is 16.6 Å². The zero-order valence-electron chi connectivity index (χ0n) is 9.68. The van der Waals surface area contributed by atoms with Crippen LogP contribution >= 0.6 is 0 Å². The Morgan fingerprint density at radius 3 is 2.44 bits per heavy atom. The number of hydrogen-bond donors (Lipinski definition) is 2. The average Bonchev–Trinajstić information content (AvgIpc) is 2.38. The molecule has 3 heteroatoms. The number of rotatable bonds is 1. The van der Waals surface area contributed by atoms with Crippen molar-refractivity contribution in [2.24, 2.45) is 0 Å². The minimum absolute atomic E-state index is 0.0967. The van der Waals surface area contributed by atoms with Crippen LogP contribution < -0.4 is 11.3 Å². The first-order chi connectivity index (χ1) is 8.74. The van der Waals surface area contributed by atoms with Crippen LogP contribution in [0.15, 0.2) is 59.4 Å². The normalized spacial score (nSPS) is 10.7. The molecule has 3 nitrogen and oxygen atoms in total. The molecule has 0 aliphatic carbocycles.